The van der Waals surface area contributed by atoms with Crippen LogP contribution in [0.25, 0.3) is 11.3 Å². The minimum Gasteiger partial charge on any atom is -0.436 e. The number of nitro groups is 1. The molecule has 3 aromatic heterocycles. The zero-order chi connectivity index (χ0) is 20.2. The van der Waals surface area contributed by atoms with Gasteiger partial charge in [0.1, 0.15) is 16.1 Å². The molecule has 1 atom stereocenters. The molecule has 8 nitrogen and oxygen atoms in total. The third kappa shape index (κ3) is 3.39. The molecule has 3 aromatic rings. The highest BCUT2D eigenvalue weighted by molar-refractivity contribution is 7.15. The van der Waals surface area contributed by atoms with Crippen molar-refractivity contribution in [2.45, 2.75) is 32.0 Å². The molecule has 10 heteroatoms. The first-order valence-electron chi connectivity index (χ1n) is 9.25. The maximum Gasteiger partial charge on any atom is 0.415 e. The molecule has 0 saturated carbocycles. The van der Waals surface area contributed by atoms with Crippen molar-refractivity contribution in [3.05, 3.63) is 55.5 Å². The molecule has 29 heavy (non-hydrogen) atoms. The van der Waals surface area contributed by atoms with Gasteiger partial charge < -0.3 is 14.9 Å². The van der Waals surface area contributed by atoms with Crippen molar-refractivity contribution in [2.75, 3.05) is 13.1 Å². The van der Waals surface area contributed by atoms with Crippen LogP contribution in [0.4, 0.5) is 5.82 Å². The maximum absolute atomic E-state index is 10.9. The maximum atomic E-state index is 10.9. The lowest BCUT2D eigenvalue weighted by atomic mass is 10.0. The number of halogens is 1. The van der Waals surface area contributed by atoms with Crippen LogP contribution in [0.1, 0.15) is 18.2 Å². The summed E-state index contributed by atoms with van der Waals surface area (Å²) in [6, 6.07) is 6.47. The average molecular weight is 432 g/mol. The standard InChI is InChI=1S/C19H18ClN5O3S/c1-19(11-24-9-16(25(26)27)22-18(24)28-19)10-23-6-4-14-12(8-23)2-3-15(21-14)13-5-7-29-17(13)20/h2-3,5,7,9H,4,6,8,10-11H2,1H3/t19-/m0/s1. The summed E-state index contributed by atoms with van der Waals surface area (Å²) in [6.45, 7) is 4.94. The predicted octanol–water partition coefficient (Wildman–Crippen LogP) is 3.78. The molecule has 2 aliphatic heterocycles. The Labute approximate surface area is 175 Å². The van der Waals surface area contributed by atoms with Crippen LogP contribution in [-0.2, 0) is 19.5 Å². The normalized spacial score (nSPS) is 20.9. The first-order valence-corrected chi connectivity index (χ1v) is 10.5. The fourth-order valence-corrected chi connectivity index (χ4v) is 5.01. The quantitative estimate of drug-likeness (QED) is 0.461. The van der Waals surface area contributed by atoms with Gasteiger partial charge in [-0.25, -0.2) is 0 Å². The predicted molar refractivity (Wildman–Crippen MR) is 109 cm³/mol. The lowest BCUT2D eigenvalue weighted by Crippen LogP contribution is -2.46. The second-order valence-electron chi connectivity index (χ2n) is 7.69. The van der Waals surface area contributed by atoms with Gasteiger partial charge in [0.05, 0.1) is 12.2 Å². The van der Waals surface area contributed by atoms with Crippen molar-refractivity contribution in [3.63, 3.8) is 0 Å². The number of aromatic nitrogens is 3. The number of nitrogens with zero attached hydrogens (tertiary/aromatic N) is 5. The molecule has 5 heterocycles. The monoisotopic (exact) mass is 431 g/mol. The Morgan fingerprint density at radius 2 is 2.24 bits per heavy atom. The SMILES string of the molecule is C[C@]1(CN2CCc3nc(-c4ccsc4Cl)ccc3C2)Cn2cc([N+](=O)[O-])nc2O1. The van der Waals surface area contributed by atoms with Crippen LogP contribution in [0.15, 0.2) is 29.8 Å². The minimum atomic E-state index is -0.502. The number of hydrogen-bond donors (Lipinski definition) is 0. The van der Waals surface area contributed by atoms with E-state index in [1.54, 1.807) is 4.57 Å². The summed E-state index contributed by atoms with van der Waals surface area (Å²) in [5.41, 5.74) is 3.76. The average Bonchev–Trinajstić information content (AvgIpc) is 3.34. The van der Waals surface area contributed by atoms with Crippen molar-refractivity contribution < 1.29 is 9.66 Å². The van der Waals surface area contributed by atoms with E-state index in [2.05, 4.69) is 16.0 Å². The molecule has 0 N–H and O–H groups in total. The summed E-state index contributed by atoms with van der Waals surface area (Å²) in [5.74, 6) is -0.179. The molecule has 0 aromatic carbocycles. The number of fused-ring (bicyclic) bond motifs is 2. The Morgan fingerprint density at radius 1 is 1.38 bits per heavy atom. The Kier molecular flexibility index (Phi) is 4.34. The smallest absolute Gasteiger partial charge is 0.415 e. The van der Waals surface area contributed by atoms with E-state index < -0.39 is 10.5 Å². The second-order valence-corrected chi connectivity index (χ2v) is 9.21. The lowest BCUT2D eigenvalue weighted by molar-refractivity contribution is -0.389. The van der Waals surface area contributed by atoms with Crippen molar-refractivity contribution >= 4 is 28.8 Å². The largest absolute Gasteiger partial charge is 0.436 e. The molecule has 0 unspecified atom stereocenters. The molecular weight excluding hydrogens is 414 g/mol. The summed E-state index contributed by atoms with van der Waals surface area (Å²) in [5, 5.41) is 12.8. The summed E-state index contributed by atoms with van der Waals surface area (Å²) in [4.78, 5) is 21.5. The van der Waals surface area contributed by atoms with Gasteiger partial charge in [0.25, 0.3) is 0 Å². The Morgan fingerprint density at radius 3 is 2.97 bits per heavy atom. The fourth-order valence-electron chi connectivity index (χ4n) is 4.07. The van der Waals surface area contributed by atoms with Gasteiger partial charge in [-0.1, -0.05) is 17.7 Å². The molecule has 0 amide bonds. The molecular formula is C19H18ClN5O3S. The number of hydrogen-bond acceptors (Lipinski definition) is 7. The summed E-state index contributed by atoms with van der Waals surface area (Å²) >= 11 is 7.77. The lowest BCUT2D eigenvalue weighted by Gasteiger charge is -2.34. The number of pyridine rings is 1. The van der Waals surface area contributed by atoms with Crippen LogP contribution in [0.3, 0.4) is 0 Å². The third-order valence-electron chi connectivity index (χ3n) is 5.34. The number of imidazole rings is 1. The molecule has 0 fully saturated rings. The van der Waals surface area contributed by atoms with E-state index >= 15 is 0 Å². The van der Waals surface area contributed by atoms with Crippen LogP contribution in [-0.4, -0.2) is 43.0 Å². The second kappa shape index (κ2) is 6.79. The van der Waals surface area contributed by atoms with E-state index in [0.717, 1.165) is 40.8 Å². The van der Waals surface area contributed by atoms with Gasteiger partial charge >= 0.3 is 11.8 Å². The highest BCUT2D eigenvalue weighted by atomic mass is 35.5. The minimum absolute atomic E-state index is 0.179. The molecule has 0 spiro atoms. The van der Waals surface area contributed by atoms with E-state index in [-0.39, 0.29) is 5.82 Å². The highest BCUT2D eigenvalue weighted by Crippen LogP contribution is 2.34. The van der Waals surface area contributed by atoms with E-state index in [1.165, 1.54) is 23.1 Å². The van der Waals surface area contributed by atoms with Crippen molar-refractivity contribution in [1.29, 1.82) is 0 Å². The number of rotatable bonds is 4. The Balaban J connectivity index is 1.28. The van der Waals surface area contributed by atoms with E-state index in [0.29, 0.717) is 19.1 Å². The van der Waals surface area contributed by atoms with Crippen molar-refractivity contribution in [1.82, 2.24) is 19.4 Å². The van der Waals surface area contributed by atoms with Crippen LogP contribution in [0.5, 0.6) is 6.01 Å². The van der Waals surface area contributed by atoms with Gasteiger partial charge in [-0.2, -0.15) is 0 Å². The van der Waals surface area contributed by atoms with Gasteiger partial charge in [-0.15, -0.1) is 11.3 Å². The first kappa shape index (κ1) is 18.5. The summed E-state index contributed by atoms with van der Waals surface area (Å²) in [7, 11) is 0. The summed E-state index contributed by atoms with van der Waals surface area (Å²) < 4.78 is 8.45. The van der Waals surface area contributed by atoms with Gasteiger partial charge in [0, 0.05) is 42.3 Å². The zero-order valence-electron chi connectivity index (χ0n) is 15.7. The Hall–Kier alpha value is -2.49. The van der Waals surface area contributed by atoms with Crippen LogP contribution in [0.2, 0.25) is 4.34 Å². The van der Waals surface area contributed by atoms with E-state index in [1.807, 2.05) is 24.4 Å². The van der Waals surface area contributed by atoms with Crippen LogP contribution < -0.4 is 4.74 Å². The Bertz CT molecular complexity index is 1090. The molecule has 0 aliphatic carbocycles. The topological polar surface area (TPSA) is 86.3 Å². The first-order chi connectivity index (χ1) is 13.9. The zero-order valence-corrected chi connectivity index (χ0v) is 17.2. The van der Waals surface area contributed by atoms with Crippen LogP contribution in [0, 0.1) is 10.1 Å². The van der Waals surface area contributed by atoms with E-state index in [9.17, 15) is 10.1 Å². The van der Waals surface area contributed by atoms with Crippen LogP contribution >= 0.6 is 22.9 Å². The van der Waals surface area contributed by atoms with Crippen molar-refractivity contribution in [3.8, 4) is 17.3 Å². The molecule has 5 rings (SSSR count). The van der Waals surface area contributed by atoms with Gasteiger partial charge in [0.15, 0.2) is 0 Å². The number of thiophene rings is 1. The highest BCUT2D eigenvalue weighted by Gasteiger charge is 2.41. The van der Waals surface area contributed by atoms with E-state index in [4.69, 9.17) is 21.3 Å². The third-order valence-corrected chi connectivity index (χ3v) is 6.51. The molecule has 150 valence electrons. The fraction of sp³-hybridized carbons (Fsp3) is 0.368. The number of ether oxygens (including phenoxy) is 1. The van der Waals surface area contributed by atoms with Crippen molar-refractivity contribution in [2.24, 2.45) is 0 Å². The molecule has 0 saturated heterocycles. The molecule has 0 bridgehead atoms. The molecule has 0 radical (unpaired) electrons. The molecule has 2 aliphatic rings. The van der Waals surface area contributed by atoms with Gasteiger partial charge in [0.2, 0.25) is 0 Å². The van der Waals surface area contributed by atoms with Gasteiger partial charge in [-0.05, 0) is 34.9 Å². The van der Waals surface area contributed by atoms with Gasteiger partial charge in [-0.3, -0.25) is 14.5 Å². The summed E-state index contributed by atoms with van der Waals surface area (Å²) in [6.07, 6.45) is 2.30.